The second-order valence-corrected chi connectivity index (χ2v) is 5.71. The molecular weight excluding hydrogens is 306 g/mol. The molecule has 1 aromatic carbocycles. The number of rotatable bonds is 3. The summed E-state index contributed by atoms with van der Waals surface area (Å²) in [5.74, 6) is -0.250. The maximum atomic E-state index is 12.5. The normalized spacial score (nSPS) is 17.4. The molecule has 3 rings (SSSR count). The van der Waals surface area contributed by atoms with E-state index in [-0.39, 0.29) is 17.9 Å². The summed E-state index contributed by atoms with van der Waals surface area (Å²) in [7, 11) is 0. The van der Waals surface area contributed by atoms with Gasteiger partial charge in [0.2, 0.25) is 0 Å². The zero-order valence-corrected chi connectivity index (χ0v) is 13.4. The zero-order chi connectivity index (χ0) is 16.9. The van der Waals surface area contributed by atoms with Gasteiger partial charge in [0.15, 0.2) is 0 Å². The number of carbonyl (C=O) groups excluding carboxylic acids is 2. The molecule has 0 bridgehead atoms. The van der Waals surface area contributed by atoms with E-state index >= 15 is 0 Å². The lowest BCUT2D eigenvalue weighted by Crippen LogP contribution is -2.44. The highest BCUT2D eigenvalue weighted by molar-refractivity contribution is 6.04. The summed E-state index contributed by atoms with van der Waals surface area (Å²) >= 11 is 0. The Morgan fingerprint density at radius 1 is 1.21 bits per heavy atom. The molecule has 1 aromatic heterocycles. The zero-order valence-electron chi connectivity index (χ0n) is 13.4. The molecule has 1 unspecified atom stereocenters. The average molecular weight is 325 g/mol. The third-order valence-electron chi connectivity index (χ3n) is 3.84. The predicted molar refractivity (Wildman–Crippen MR) is 89.9 cm³/mol. The van der Waals surface area contributed by atoms with Gasteiger partial charge >= 0.3 is 0 Å². The van der Waals surface area contributed by atoms with Gasteiger partial charge in [-0.3, -0.25) is 14.6 Å². The summed E-state index contributed by atoms with van der Waals surface area (Å²) in [5, 5.41) is 2.79. The van der Waals surface area contributed by atoms with Gasteiger partial charge in [0.25, 0.3) is 11.8 Å². The summed E-state index contributed by atoms with van der Waals surface area (Å²) < 4.78 is 5.45. The predicted octanol–water partition coefficient (Wildman–Crippen LogP) is 2.19. The molecule has 0 saturated carbocycles. The Kier molecular flexibility index (Phi) is 4.86. The fourth-order valence-corrected chi connectivity index (χ4v) is 2.58. The minimum atomic E-state index is -0.232. The number of anilines is 1. The summed E-state index contributed by atoms with van der Waals surface area (Å²) in [6.07, 6.45) is 3.18. The molecule has 2 amide bonds. The Balaban J connectivity index is 1.65. The molecule has 0 radical (unpaired) electrons. The number of ether oxygens (including phenoxy) is 1. The minimum Gasteiger partial charge on any atom is -0.375 e. The van der Waals surface area contributed by atoms with Crippen LogP contribution in [0.25, 0.3) is 0 Å². The third kappa shape index (κ3) is 3.78. The number of amides is 2. The van der Waals surface area contributed by atoms with E-state index in [1.165, 1.54) is 6.20 Å². The largest absolute Gasteiger partial charge is 0.375 e. The molecule has 124 valence electrons. The first-order chi connectivity index (χ1) is 11.6. The van der Waals surface area contributed by atoms with Crippen LogP contribution in [0.2, 0.25) is 0 Å². The number of hydrogen-bond acceptors (Lipinski definition) is 4. The molecule has 24 heavy (non-hydrogen) atoms. The van der Waals surface area contributed by atoms with Crippen LogP contribution in [0.3, 0.4) is 0 Å². The monoisotopic (exact) mass is 325 g/mol. The summed E-state index contributed by atoms with van der Waals surface area (Å²) in [4.78, 5) is 30.3. The molecule has 1 atom stereocenters. The van der Waals surface area contributed by atoms with Crippen molar-refractivity contribution in [2.45, 2.75) is 13.0 Å². The number of hydrogen-bond donors (Lipinski definition) is 1. The van der Waals surface area contributed by atoms with Crippen LogP contribution in [0, 0.1) is 0 Å². The van der Waals surface area contributed by atoms with Crippen molar-refractivity contribution in [2.24, 2.45) is 0 Å². The summed E-state index contributed by atoms with van der Waals surface area (Å²) in [5.41, 5.74) is 1.72. The van der Waals surface area contributed by atoms with Gasteiger partial charge in [0.05, 0.1) is 18.3 Å². The summed E-state index contributed by atoms with van der Waals surface area (Å²) in [6.45, 7) is 3.71. The van der Waals surface area contributed by atoms with Crippen LogP contribution in [0.4, 0.5) is 5.69 Å². The standard InChI is InChI=1S/C18H19N3O3/c1-13-12-21(9-10-24-13)18(23)14-4-6-16(7-5-14)20-17(22)15-3-2-8-19-11-15/h2-8,11,13H,9-10,12H2,1H3,(H,20,22). The Morgan fingerprint density at radius 3 is 2.67 bits per heavy atom. The SMILES string of the molecule is CC1CN(C(=O)c2ccc(NC(=O)c3cccnc3)cc2)CCO1. The molecule has 1 fully saturated rings. The van der Waals surface area contributed by atoms with Gasteiger partial charge in [-0.25, -0.2) is 0 Å². The highest BCUT2D eigenvalue weighted by Crippen LogP contribution is 2.15. The minimum absolute atomic E-state index is 0.0183. The quantitative estimate of drug-likeness (QED) is 0.939. The first-order valence-corrected chi connectivity index (χ1v) is 7.86. The smallest absolute Gasteiger partial charge is 0.257 e. The van der Waals surface area contributed by atoms with Gasteiger partial charge in [-0.1, -0.05) is 0 Å². The molecule has 6 heteroatoms. The van der Waals surface area contributed by atoms with E-state index in [0.717, 1.165) is 0 Å². The second kappa shape index (κ2) is 7.23. The van der Waals surface area contributed by atoms with Crippen LogP contribution in [-0.2, 0) is 4.74 Å². The molecule has 2 heterocycles. The lowest BCUT2D eigenvalue weighted by atomic mass is 10.1. The number of carbonyl (C=O) groups is 2. The van der Waals surface area contributed by atoms with Crippen LogP contribution in [0.5, 0.6) is 0 Å². The number of nitrogens with one attached hydrogen (secondary N) is 1. The van der Waals surface area contributed by atoms with Crippen LogP contribution < -0.4 is 5.32 Å². The van der Waals surface area contributed by atoms with Crippen molar-refractivity contribution in [1.82, 2.24) is 9.88 Å². The highest BCUT2D eigenvalue weighted by atomic mass is 16.5. The van der Waals surface area contributed by atoms with Crippen LogP contribution in [-0.4, -0.2) is 47.5 Å². The maximum Gasteiger partial charge on any atom is 0.257 e. The van der Waals surface area contributed by atoms with Gasteiger partial charge in [-0.2, -0.15) is 0 Å². The topological polar surface area (TPSA) is 71.5 Å². The fourth-order valence-electron chi connectivity index (χ4n) is 2.58. The molecule has 6 nitrogen and oxygen atoms in total. The van der Waals surface area contributed by atoms with Crippen LogP contribution >= 0.6 is 0 Å². The summed E-state index contributed by atoms with van der Waals surface area (Å²) in [6, 6.07) is 10.3. The van der Waals surface area contributed by atoms with E-state index in [4.69, 9.17) is 4.74 Å². The number of benzene rings is 1. The van der Waals surface area contributed by atoms with E-state index in [1.54, 1.807) is 47.5 Å². The van der Waals surface area contributed by atoms with E-state index in [2.05, 4.69) is 10.3 Å². The Morgan fingerprint density at radius 2 is 2.00 bits per heavy atom. The third-order valence-corrected chi connectivity index (χ3v) is 3.84. The van der Waals surface area contributed by atoms with Gasteiger partial charge in [0, 0.05) is 36.7 Å². The Bertz CT molecular complexity index is 716. The second-order valence-electron chi connectivity index (χ2n) is 5.71. The van der Waals surface area contributed by atoms with Crippen molar-refractivity contribution in [3.05, 3.63) is 59.9 Å². The van der Waals surface area contributed by atoms with E-state index in [9.17, 15) is 9.59 Å². The lowest BCUT2D eigenvalue weighted by Gasteiger charge is -2.31. The van der Waals surface area contributed by atoms with E-state index in [1.807, 2.05) is 6.92 Å². The number of morpholine rings is 1. The van der Waals surface area contributed by atoms with Crippen LogP contribution in [0.15, 0.2) is 48.8 Å². The Labute approximate surface area is 140 Å². The molecule has 2 aromatic rings. The van der Waals surface area contributed by atoms with Gasteiger partial charge in [-0.05, 0) is 43.3 Å². The van der Waals surface area contributed by atoms with Crippen molar-refractivity contribution >= 4 is 17.5 Å². The van der Waals surface area contributed by atoms with Gasteiger partial charge in [-0.15, -0.1) is 0 Å². The van der Waals surface area contributed by atoms with Crippen molar-refractivity contribution in [2.75, 3.05) is 25.0 Å². The first-order valence-electron chi connectivity index (χ1n) is 7.86. The molecular formula is C18H19N3O3. The maximum absolute atomic E-state index is 12.5. The van der Waals surface area contributed by atoms with Crippen molar-refractivity contribution < 1.29 is 14.3 Å². The molecule has 0 spiro atoms. The van der Waals surface area contributed by atoms with Crippen molar-refractivity contribution in [3.8, 4) is 0 Å². The molecule has 1 saturated heterocycles. The van der Waals surface area contributed by atoms with Gasteiger partial charge < -0.3 is 15.0 Å². The molecule has 0 aliphatic carbocycles. The molecule has 1 N–H and O–H groups in total. The fraction of sp³-hybridized carbons (Fsp3) is 0.278. The van der Waals surface area contributed by atoms with E-state index in [0.29, 0.717) is 36.5 Å². The first kappa shape index (κ1) is 16.1. The highest BCUT2D eigenvalue weighted by Gasteiger charge is 2.22. The van der Waals surface area contributed by atoms with Gasteiger partial charge in [0.1, 0.15) is 0 Å². The number of aromatic nitrogens is 1. The molecule has 1 aliphatic rings. The number of nitrogens with zero attached hydrogens (tertiary/aromatic N) is 2. The van der Waals surface area contributed by atoms with Crippen molar-refractivity contribution in [1.29, 1.82) is 0 Å². The Hall–Kier alpha value is -2.73. The van der Waals surface area contributed by atoms with Crippen molar-refractivity contribution in [3.63, 3.8) is 0 Å². The van der Waals surface area contributed by atoms with E-state index < -0.39 is 0 Å². The van der Waals surface area contributed by atoms with Crippen LogP contribution in [0.1, 0.15) is 27.6 Å². The number of pyridine rings is 1. The molecule has 1 aliphatic heterocycles. The lowest BCUT2D eigenvalue weighted by molar-refractivity contribution is -0.0124. The average Bonchev–Trinajstić information content (AvgIpc) is 2.62.